The molecule has 0 aliphatic heterocycles. The fourth-order valence-corrected chi connectivity index (χ4v) is 2.62. The largest absolute Gasteiger partial charge is 0.393 e. The van der Waals surface area contributed by atoms with Crippen LogP contribution in [0.5, 0.6) is 0 Å². The highest BCUT2D eigenvalue weighted by Crippen LogP contribution is 2.14. The molecule has 0 unspecified atom stereocenters. The van der Waals surface area contributed by atoms with E-state index in [4.69, 9.17) is 5.73 Å². The molecule has 22 heavy (non-hydrogen) atoms. The number of hydrogen-bond acceptors (Lipinski definition) is 3. The fourth-order valence-electron chi connectivity index (χ4n) is 2.62. The molecule has 132 valence electrons. The van der Waals surface area contributed by atoms with E-state index in [-0.39, 0.29) is 12.2 Å². The Morgan fingerprint density at radius 1 is 0.909 bits per heavy atom. The summed E-state index contributed by atoms with van der Waals surface area (Å²) in [5.74, 6) is -0.0527. The summed E-state index contributed by atoms with van der Waals surface area (Å²) in [7, 11) is 0. The van der Waals surface area contributed by atoms with Crippen molar-refractivity contribution in [2.45, 2.75) is 116 Å². The molecule has 3 heteroatoms. The molecule has 0 fully saturated rings. The number of aliphatic hydroxyl groups excluding tert-OH is 1. The van der Waals surface area contributed by atoms with Crippen molar-refractivity contribution in [2.24, 2.45) is 5.73 Å². The van der Waals surface area contributed by atoms with Crippen molar-refractivity contribution in [1.82, 2.24) is 0 Å². The average Bonchev–Trinajstić information content (AvgIpc) is 2.43. The van der Waals surface area contributed by atoms with E-state index >= 15 is 0 Å². The third kappa shape index (κ3) is 13.3. The summed E-state index contributed by atoms with van der Waals surface area (Å²) in [6, 6.07) is 0. The minimum Gasteiger partial charge on any atom is -0.393 e. The standard InChI is InChI=1S/C19H39NO2/c1-4-5-6-7-8-9-10-11-12-13-14-15-17(21)16-18(22)19(2,3)20/h17,21H,4-16,20H2,1-3H3/t17-/m0/s1. The number of carbonyl (C=O) groups excluding carboxylic acids is 1. The number of Topliss-reactive ketones (excluding diaryl/α,β-unsaturated/α-hetero) is 1. The highest BCUT2D eigenvalue weighted by Gasteiger charge is 2.23. The Bertz CT molecular complexity index is 271. The van der Waals surface area contributed by atoms with Crippen molar-refractivity contribution in [3.05, 3.63) is 0 Å². The van der Waals surface area contributed by atoms with Gasteiger partial charge in [0.25, 0.3) is 0 Å². The maximum atomic E-state index is 11.7. The maximum Gasteiger partial charge on any atom is 0.154 e. The Hall–Kier alpha value is -0.410. The zero-order valence-electron chi connectivity index (χ0n) is 15.2. The predicted molar refractivity (Wildman–Crippen MR) is 95.0 cm³/mol. The molecule has 1 atom stereocenters. The monoisotopic (exact) mass is 313 g/mol. The quantitative estimate of drug-likeness (QED) is 0.429. The van der Waals surface area contributed by atoms with Gasteiger partial charge in [0.2, 0.25) is 0 Å². The minimum atomic E-state index is -0.821. The maximum absolute atomic E-state index is 11.7. The Morgan fingerprint density at radius 3 is 1.73 bits per heavy atom. The molecule has 3 nitrogen and oxygen atoms in total. The first-order chi connectivity index (χ1) is 10.4. The summed E-state index contributed by atoms with van der Waals surface area (Å²) in [6.07, 6.45) is 14.7. The topological polar surface area (TPSA) is 63.3 Å². The zero-order chi connectivity index (χ0) is 16.8. The van der Waals surface area contributed by atoms with Crippen molar-refractivity contribution in [3.8, 4) is 0 Å². The number of nitrogens with two attached hydrogens (primary N) is 1. The second-order valence-electron chi connectivity index (χ2n) is 7.33. The van der Waals surface area contributed by atoms with Crippen molar-refractivity contribution >= 4 is 5.78 Å². The van der Waals surface area contributed by atoms with Gasteiger partial charge in [-0.3, -0.25) is 4.79 Å². The van der Waals surface area contributed by atoms with Crippen LogP contribution >= 0.6 is 0 Å². The van der Waals surface area contributed by atoms with Gasteiger partial charge in [-0.15, -0.1) is 0 Å². The lowest BCUT2D eigenvalue weighted by Crippen LogP contribution is -2.42. The molecule has 0 aliphatic carbocycles. The number of rotatable bonds is 15. The van der Waals surface area contributed by atoms with Crippen LogP contribution in [0.3, 0.4) is 0 Å². The van der Waals surface area contributed by atoms with E-state index in [9.17, 15) is 9.90 Å². The minimum absolute atomic E-state index is 0.0527. The summed E-state index contributed by atoms with van der Waals surface area (Å²) in [5, 5.41) is 9.85. The smallest absolute Gasteiger partial charge is 0.154 e. The summed E-state index contributed by atoms with van der Waals surface area (Å²) < 4.78 is 0. The van der Waals surface area contributed by atoms with Crippen LogP contribution in [0.2, 0.25) is 0 Å². The molecule has 0 aromatic heterocycles. The van der Waals surface area contributed by atoms with E-state index in [1.807, 2.05) is 0 Å². The van der Waals surface area contributed by atoms with Gasteiger partial charge in [0, 0.05) is 6.42 Å². The molecule has 0 aromatic carbocycles. The summed E-state index contributed by atoms with van der Waals surface area (Å²) in [6.45, 7) is 5.65. The lowest BCUT2D eigenvalue weighted by molar-refractivity contribution is -0.125. The van der Waals surface area contributed by atoms with Gasteiger partial charge in [0.05, 0.1) is 11.6 Å². The fraction of sp³-hybridized carbons (Fsp3) is 0.947. The molecule has 0 bridgehead atoms. The van der Waals surface area contributed by atoms with Crippen LogP contribution in [-0.4, -0.2) is 22.5 Å². The van der Waals surface area contributed by atoms with E-state index in [1.54, 1.807) is 13.8 Å². The van der Waals surface area contributed by atoms with Crippen molar-refractivity contribution < 1.29 is 9.90 Å². The third-order valence-corrected chi connectivity index (χ3v) is 4.28. The van der Waals surface area contributed by atoms with E-state index in [1.165, 1.54) is 57.8 Å². The molecule has 0 heterocycles. The van der Waals surface area contributed by atoms with Crippen LogP contribution in [0.25, 0.3) is 0 Å². The van der Waals surface area contributed by atoms with Gasteiger partial charge < -0.3 is 10.8 Å². The van der Waals surface area contributed by atoms with Gasteiger partial charge in [-0.1, -0.05) is 77.6 Å². The normalized spacial score (nSPS) is 13.3. The van der Waals surface area contributed by atoms with Gasteiger partial charge in [-0.2, -0.15) is 0 Å². The van der Waals surface area contributed by atoms with Gasteiger partial charge in [0.1, 0.15) is 0 Å². The molecule has 0 amide bonds. The zero-order valence-corrected chi connectivity index (χ0v) is 15.2. The van der Waals surface area contributed by atoms with Crippen LogP contribution in [-0.2, 0) is 4.79 Å². The number of unbranched alkanes of at least 4 members (excludes halogenated alkanes) is 10. The lowest BCUT2D eigenvalue weighted by Gasteiger charge is -2.19. The highest BCUT2D eigenvalue weighted by atomic mass is 16.3. The van der Waals surface area contributed by atoms with Gasteiger partial charge in [-0.25, -0.2) is 0 Å². The first-order valence-corrected chi connectivity index (χ1v) is 9.38. The Balaban J connectivity index is 3.34. The van der Waals surface area contributed by atoms with E-state index in [0.29, 0.717) is 0 Å². The summed E-state index contributed by atoms with van der Waals surface area (Å²) in [4.78, 5) is 11.7. The molecule has 0 saturated heterocycles. The second kappa shape index (κ2) is 13.1. The summed E-state index contributed by atoms with van der Waals surface area (Å²) >= 11 is 0. The Morgan fingerprint density at radius 2 is 1.32 bits per heavy atom. The predicted octanol–water partition coefficient (Wildman–Crippen LogP) is 4.74. The number of aliphatic hydroxyl groups is 1. The average molecular weight is 314 g/mol. The molecule has 0 rings (SSSR count). The van der Waals surface area contributed by atoms with Crippen molar-refractivity contribution in [3.63, 3.8) is 0 Å². The van der Waals surface area contributed by atoms with Crippen LogP contribution < -0.4 is 5.73 Å². The second-order valence-corrected chi connectivity index (χ2v) is 7.33. The Kier molecular flexibility index (Phi) is 12.8. The molecule has 0 saturated carbocycles. The van der Waals surface area contributed by atoms with E-state index < -0.39 is 11.6 Å². The highest BCUT2D eigenvalue weighted by molar-refractivity contribution is 5.87. The van der Waals surface area contributed by atoms with E-state index in [2.05, 4.69) is 6.92 Å². The van der Waals surface area contributed by atoms with Crippen LogP contribution in [0.1, 0.15) is 104 Å². The lowest BCUT2D eigenvalue weighted by atomic mass is 9.94. The van der Waals surface area contributed by atoms with Crippen molar-refractivity contribution in [2.75, 3.05) is 0 Å². The van der Waals surface area contributed by atoms with Gasteiger partial charge in [0.15, 0.2) is 5.78 Å². The number of ketones is 1. The molecule has 3 N–H and O–H groups in total. The Labute approximate surface area is 138 Å². The third-order valence-electron chi connectivity index (χ3n) is 4.28. The molecule has 0 aliphatic rings. The van der Waals surface area contributed by atoms with Crippen LogP contribution in [0.4, 0.5) is 0 Å². The van der Waals surface area contributed by atoms with Crippen LogP contribution in [0.15, 0.2) is 0 Å². The van der Waals surface area contributed by atoms with E-state index in [0.717, 1.165) is 19.3 Å². The SMILES string of the molecule is CCCCCCCCCCCCC[C@H](O)CC(=O)C(C)(C)N. The summed E-state index contributed by atoms with van der Waals surface area (Å²) in [5.41, 5.74) is 4.91. The molecule has 0 aromatic rings. The van der Waals surface area contributed by atoms with Gasteiger partial charge >= 0.3 is 0 Å². The van der Waals surface area contributed by atoms with Gasteiger partial charge in [-0.05, 0) is 20.3 Å². The number of hydrogen-bond donors (Lipinski definition) is 2. The number of carbonyl (C=O) groups is 1. The molecule has 0 spiro atoms. The molecular formula is C19H39NO2. The molecular weight excluding hydrogens is 274 g/mol. The van der Waals surface area contributed by atoms with Crippen LogP contribution in [0, 0.1) is 0 Å². The first-order valence-electron chi connectivity index (χ1n) is 9.38. The molecule has 0 radical (unpaired) electrons. The van der Waals surface area contributed by atoms with Crippen molar-refractivity contribution in [1.29, 1.82) is 0 Å². The first kappa shape index (κ1) is 21.6.